The summed E-state index contributed by atoms with van der Waals surface area (Å²) in [5.41, 5.74) is 0.959. The maximum absolute atomic E-state index is 14.8. The van der Waals surface area contributed by atoms with Crippen molar-refractivity contribution in [2.45, 2.75) is 32.6 Å². The lowest BCUT2D eigenvalue weighted by molar-refractivity contribution is 0.511. The van der Waals surface area contributed by atoms with Gasteiger partial charge in [0.25, 0.3) is 0 Å². The van der Waals surface area contributed by atoms with Crippen LogP contribution in [0.5, 0.6) is 0 Å². The molecule has 0 aromatic heterocycles. The fraction of sp³-hybridized carbons (Fsp3) is 0.172. The highest BCUT2D eigenvalue weighted by atomic mass is 19.2. The molecule has 0 unspecified atom stereocenters. The van der Waals surface area contributed by atoms with Crippen LogP contribution < -0.4 is 0 Å². The van der Waals surface area contributed by atoms with Gasteiger partial charge in [-0.2, -0.15) is 0 Å². The molecule has 0 aliphatic rings. The first-order chi connectivity index (χ1) is 16.4. The van der Waals surface area contributed by atoms with Gasteiger partial charge in [-0.3, -0.25) is 0 Å². The Morgan fingerprint density at radius 1 is 0.618 bits per heavy atom. The van der Waals surface area contributed by atoms with Crippen LogP contribution >= 0.6 is 0 Å². The van der Waals surface area contributed by atoms with Gasteiger partial charge in [-0.15, -0.1) is 0 Å². The van der Waals surface area contributed by atoms with Gasteiger partial charge in [-0.05, 0) is 77.2 Å². The lowest BCUT2D eigenvalue weighted by atomic mass is 9.99. The van der Waals surface area contributed by atoms with Gasteiger partial charge in [-0.25, -0.2) is 22.0 Å². The van der Waals surface area contributed by atoms with E-state index in [0.717, 1.165) is 55.5 Å². The Hall–Kier alpha value is -3.65. The summed E-state index contributed by atoms with van der Waals surface area (Å²) in [6.45, 7) is 2.10. The molecular formula is C29H21F5. The average molecular weight is 464 g/mol. The Balaban J connectivity index is 1.61. The molecule has 0 saturated carbocycles. The van der Waals surface area contributed by atoms with Crippen LogP contribution in [0.15, 0.2) is 60.7 Å². The summed E-state index contributed by atoms with van der Waals surface area (Å²) in [6, 6.07) is 13.3. The molecule has 0 aliphatic carbocycles. The first-order valence-electron chi connectivity index (χ1n) is 11.0. The summed E-state index contributed by atoms with van der Waals surface area (Å²) in [5, 5.41) is 0.719. The highest BCUT2D eigenvalue weighted by Crippen LogP contribution is 2.30. The summed E-state index contributed by atoms with van der Waals surface area (Å²) in [7, 11) is 0. The third kappa shape index (κ3) is 5.12. The molecule has 34 heavy (non-hydrogen) atoms. The SMILES string of the molecule is CCCCCc1ccc(C#Cc2cc(F)c(-c3ccc4cc(F)c(F)cc4c3)c(F)c2)c(F)c1. The number of benzene rings is 4. The van der Waals surface area contributed by atoms with E-state index >= 15 is 0 Å². The number of fused-ring (bicyclic) bond motifs is 1. The Kier molecular flexibility index (Phi) is 6.98. The van der Waals surface area contributed by atoms with Gasteiger partial charge in [0.05, 0.1) is 11.1 Å². The van der Waals surface area contributed by atoms with Gasteiger partial charge in [0.2, 0.25) is 0 Å². The molecule has 0 bridgehead atoms. The summed E-state index contributed by atoms with van der Waals surface area (Å²) in [5.74, 6) is 1.01. The van der Waals surface area contributed by atoms with E-state index in [2.05, 4.69) is 18.8 Å². The lowest BCUT2D eigenvalue weighted by Gasteiger charge is -2.08. The van der Waals surface area contributed by atoms with Crippen LogP contribution in [-0.2, 0) is 6.42 Å². The molecule has 4 aromatic carbocycles. The summed E-state index contributed by atoms with van der Waals surface area (Å²) in [4.78, 5) is 0. The van der Waals surface area contributed by atoms with Crippen LogP contribution in [0.3, 0.4) is 0 Å². The quantitative estimate of drug-likeness (QED) is 0.158. The molecule has 4 aromatic rings. The van der Waals surface area contributed by atoms with E-state index in [9.17, 15) is 22.0 Å². The smallest absolute Gasteiger partial charge is 0.159 e. The average Bonchev–Trinajstić information content (AvgIpc) is 2.79. The van der Waals surface area contributed by atoms with Crippen molar-refractivity contribution in [3.8, 4) is 23.0 Å². The predicted octanol–water partition coefficient (Wildman–Crippen LogP) is 8.33. The first-order valence-corrected chi connectivity index (χ1v) is 11.0. The van der Waals surface area contributed by atoms with Crippen molar-refractivity contribution in [3.63, 3.8) is 0 Å². The van der Waals surface area contributed by atoms with Gasteiger partial charge in [0, 0.05) is 5.56 Å². The minimum absolute atomic E-state index is 0.0547. The number of hydrogen-bond donors (Lipinski definition) is 0. The second-order valence-corrected chi connectivity index (χ2v) is 8.16. The molecule has 0 nitrogen and oxygen atoms in total. The number of hydrogen-bond acceptors (Lipinski definition) is 0. The van der Waals surface area contributed by atoms with Crippen LogP contribution in [0, 0.1) is 40.9 Å². The van der Waals surface area contributed by atoms with Gasteiger partial charge >= 0.3 is 0 Å². The molecule has 0 aliphatic heterocycles. The maximum atomic E-state index is 14.8. The maximum Gasteiger partial charge on any atom is 0.159 e. The molecule has 172 valence electrons. The van der Waals surface area contributed by atoms with Gasteiger partial charge in [0.15, 0.2) is 11.6 Å². The van der Waals surface area contributed by atoms with Crippen LogP contribution in [-0.4, -0.2) is 0 Å². The third-order valence-corrected chi connectivity index (χ3v) is 5.65. The second-order valence-electron chi connectivity index (χ2n) is 8.16. The zero-order chi connectivity index (χ0) is 24.2. The molecule has 0 saturated heterocycles. The Bertz CT molecular complexity index is 1400. The van der Waals surface area contributed by atoms with E-state index < -0.39 is 29.1 Å². The van der Waals surface area contributed by atoms with E-state index in [4.69, 9.17) is 0 Å². The van der Waals surface area contributed by atoms with Crippen molar-refractivity contribution in [2.24, 2.45) is 0 Å². The number of unbranched alkanes of at least 4 members (excludes halogenated alkanes) is 2. The zero-order valence-electron chi connectivity index (χ0n) is 18.5. The molecule has 0 radical (unpaired) electrons. The normalized spacial score (nSPS) is 10.9. The lowest BCUT2D eigenvalue weighted by Crippen LogP contribution is -1.94. The van der Waals surface area contributed by atoms with Crippen molar-refractivity contribution in [1.29, 1.82) is 0 Å². The molecule has 0 heterocycles. The van der Waals surface area contributed by atoms with Gasteiger partial charge in [-0.1, -0.05) is 49.8 Å². The van der Waals surface area contributed by atoms with Gasteiger partial charge in [0.1, 0.15) is 17.5 Å². The first kappa shape index (κ1) is 23.5. The molecule has 0 N–H and O–H groups in total. The second kappa shape index (κ2) is 10.1. The molecule has 0 fully saturated rings. The van der Waals surface area contributed by atoms with Crippen LogP contribution in [0.2, 0.25) is 0 Å². The fourth-order valence-corrected chi connectivity index (χ4v) is 3.85. The number of halogens is 5. The van der Waals surface area contributed by atoms with Crippen LogP contribution in [0.4, 0.5) is 22.0 Å². The minimum Gasteiger partial charge on any atom is -0.206 e. The van der Waals surface area contributed by atoms with Crippen molar-refractivity contribution in [2.75, 3.05) is 0 Å². The van der Waals surface area contributed by atoms with Gasteiger partial charge < -0.3 is 0 Å². The van der Waals surface area contributed by atoms with E-state index in [0.29, 0.717) is 10.8 Å². The monoisotopic (exact) mass is 464 g/mol. The van der Waals surface area contributed by atoms with Crippen LogP contribution in [0.25, 0.3) is 21.9 Å². The third-order valence-electron chi connectivity index (χ3n) is 5.65. The Labute approximate surface area is 195 Å². The Morgan fingerprint density at radius 2 is 1.32 bits per heavy atom. The number of aryl methyl sites for hydroxylation is 1. The molecule has 0 spiro atoms. The molecule has 0 amide bonds. The van der Waals surface area contributed by atoms with Crippen LogP contribution in [0.1, 0.15) is 42.9 Å². The van der Waals surface area contributed by atoms with Crippen molar-refractivity contribution in [1.82, 2.24) is 0 Å². The largest absolute Gasteiger partial charge is 0.206 e. The van der Waals surface area contributed by atoms with Crippen molar-refractivity contribution < 1.29 is 22.0 Å². The Morgan fingerprint density at radius 3 is 2.00 bits per heavy atom. The molecule has 0 atom stereocenters. The van der Waals surface area contributed by atoms with E-state index in [-0.39, 0.29) is 22.3 Å². The standard InChI is InChI=1S/C29H21F5/c1-2-3-4-5-18-6-8-20(24(30)12-18)9-7-19-13-27(33)29(28(34)14-19)22-11-10-21-16-25(31)26(32)17-23(21)15-22/h6,8,10-17H,2-5H2,1H3. The number of rotatable bonds is 5. The van der Waals surface area contributed by atoms with E-state index in [1.54, 1.807) is 12.1 Å². The van der Waals surface area contributed by atoms with Crippen molar-refractivity contribution in [3.05, 3.63) is 106 Å². The molecule has 5 heteroatoms. The highest BCUT2D eigenvalue weighted by Gasteiger charge is 2.14. The summed E-state index contributed by atoms with van der Waals surface area (Å²) < 4.78 is 71.0. The molecular weight excluding hydrogens is 443 g/mol. The van der Waals surface area contributed by atoms with E-state index in [1.165, 1.54) is 24.3 Å². The predicted molar refractivity (Wildman–Crippen MR) is 125 cm³/mol. The minimum atomic E-state index is -1.04. The van der Waals surface area contributed by atoms with E-state index in [1.807, 2.05) is 0 Å². The molecule has 4 rings (SSSR count). The zero-order valence-corrected chi connectivity index (χ0v) is 18.5. The van der Waals surface area contributed by atoms with Crippen molar-refractivity contribution >= 4 is 10.8 Å². The fourth-order valence-electron chi connectivity index (χ4n) is 3.85. The topological polar surface area (TPSA) is 0 Å². The summed E-state index contributed by atoms with van der Waals surface area (Å²) in [6.07, 6.45) is 3.92. The highest BCUT2D eigenvalue weighted by molar-refractivity contribution is 5.87. The summed E-state index contributed by atoms with van der Waals surface area (Å²) >= 11 is 0.